The van der Waals surface area contributed by atoms with Crippen molar-refractivity contribution in [3.63, 3.8) is 0 Å². The lowest BCUT2D eigenvalue weighted by Crippen LogP contribution is -2.22. The topological polar surface area (TPSA) is 37.3 Å². The van der Waals surface area contributed by atoms with Gasteiger partial charge in [0.25, 0.3) is 0 Å². The van der Waals surface area contributed by atoms with Crippen molar-refractivity contribution < 1.29 is 9.90 Å². The van der Waals surface area contributed by atoms with Crippen molar-refractivity contribution in [2.45, 2.75) is 21.4 Å². The molecule has 3 atom stereocenters. The lowest BCUT2D eigenvalue weighted by Gasteiger charge is -2.20. The van der Waals surface area contributed by atoms with Gasteiger partial charge in [0, 0.05) is 0 Å². The summed E-state index contributed by atoms with van der Waals surface area (Å²) in [4.78, 5) is 10.8. The minimum absolute atomic E-state index is 0.0243. The molecule has 82 valence electrons. The predicted octanol–water partition coefficient (Wildman–Crippen LogP) is 3.79. The molecular weight excluding hydrogens is 403 g/mol. The van der Waals surface area contributed by atoms with Crippen LogP contribution in [0.5, 0.6) is 0 Å². The Kier molecular flexibility index (Phi) is 3.69. The lowest BCUT2D eigenvalue weighted by molar-refractivity contribution is -0.139. The van der Waals surface area contributed by atoms with Gasteiger partial charge in [0.15, 0.2) is 2.69 Å². The molecule has 1 saturated carbocycles. The van der Waals surface area contributed by atoms with Gasteiger partial charge in [-0.05, 0) is 11.3 Å². The molecule has 0 saturated heterocycles. The van der Waals surface area contributed by atoms with E-state index in [9.17, 15) is 4.79 Å². The number of aliphatic carboxylic acids is 1. The fraction of sp³-hybridized carbons (Fsp3) is 0.875. The average molecular weight is 413 g/mol. The Morgan fingerprint density at radius 2 is 2.00 bits per heavy atom. The Morgan fingerprint density at radius 1 is 1.57 bits per heavy atom. The van der Waals surface area contributed by atoms with E-state index >= 15 is 0 Å². The predicted molar refractivity (Wildman–Crippen MR) is 67.5 cm³/mol. The van der Waals surface area contributed by atoms with Crippen LogP contribution in [0.2, 0.25) is 0 Å². The van der Waals surface area contributed by atoms with Crippen LogP contribution in [0.25, 0.3) is 0 Å². The normalized spacial score (nSPS) is 32.4. The van der Waals surface area contributed by atoms with Crippen LogP contribution < -0.4 is 0 Å². The maximum atomic E-state index is 10.9. The Hall–Kier alpha value is 1.20. The maximum Gasteiger partial charge on any atom is 0.307 e. The number of halogens is 4. The summed E-state index contributed by atoms with van der Waals surface area (Å²) in [5.41, 5.74) is -0.207. The number of carboxylic acids is 1. The minimum Gasteiger partial charge on any atom is -0.481 e. The average Bonchev–Trinajstić information content (AvgIpc) is 2.49. The van der Waals surface area contributed by atoms with E-state index in [1.165, 1.54) is 0 Å². The molecule has 0 radical (unpaired) electrons. The van der Waals surface area contributed by atoms with E-state index in [2.05, 4.69) is 47.8 Å². The largest absolute Gasteiger partial charge is 0.481 e. The molecule has 1 N–H and O–H groups in total. The Balaban J connectivity index is 2.79. The molecule has 0 spiro atoms. The van der Waals surface area contributed by atoms with E-state index in [1.54, 1.807) is 0 Å². The zero-order chi connectivity index (χ0) is 11.3. The standard InChI is InChI=1S/C8H10Br3ClO2/c1-7(2)3(4(7)6(13)14)5(9)8(10,11)12/h3-5H,1-2H3,(H,13,14). The van der Waals surface area contributed by atoms with Crippen molar-refractivity contribution in [2.75, 3.05) is 0 Å². The van der Waals surface area contributed by atoms with Crippen LogP contribution in [-0.4, -0.2) is 18.6 Å². The van der Waals surface area contributed by atoms with Gasteiger partial charge < -0.3 is 5.11 Å². The van der Waals surface area contributed by atoms with Gasteiger partial charge in [-0.25, -0.2) is 0 Å². The number of hydrogen-bond acceptors (Lipinski definition) is 1. The molecule has 0 aromatic carbocycles. The summed E-state index contributed by atoms with van der Waals surface area (Å²) in [6.07, 6.45) is 0. The maximum absolute atomic E-state index is 10.9. The van der Waals surface area contributed by atoms with Crippen LogP contribution in [0.3, 0.4) is 0 Å². The molecule has 0 aromatic rings. The molecule has 1 aliphatic carbocycles. The summed E-state index contributed by atoms with van der Waals surface area (Å²) in [6, 6.07) is 0. The molecule has 14 heavy (non-hydrogen) atoms. The number of carboxylic acid groups (broad SMARTS) is 1. The number of hydrogen-bond donors (Lipinski definition) is 1. The monoisotopic (exact) mass is 410 g/mol. The fourth-order valence-electron chi connectivity index (χ4n) is 1.90. The third-order valence-corrected chi connectivity index (χ3v) is 6.78. The third-order valence-electron chi connectivity index (χ3n) is 2.80. The summed E-state index contributed by atoms with van der Waals surface area (Å²) < 4.78 is -0.786. The molecule has 0 amide bonds. The molecule has 0 bridgehead atoms. The summed E-state index contributed by atoms with van der Waals surface area (Å²) in [6.45, 7) is 3.88. The van der Waals surface area contributed by atoms with Gasteiger partial charge >= 0.3 is 5.97 Å². The highest BCUT2D eigenvalue weighted by atomic mass is 79.9. The van der Waals surface area contributed by atoms with Gasteiger partial charge in [-0.3, -0.25) is 4.79 Å². The SMILES string of the molecule is CC1(C)C(C(=O)O)C1C(Br)C(Cl)(Br)Br. The van der Waals surface area contributed by atoms with Gasteiger partial charge in [-0.1, -0.05) is 73.2 Å². The van der Waals surface area contributed by atoms with Crippen LogP contribution in [0.15, 0.2) is 0 Å². The van der Waals surface area contributed by atoms with Gasteiger partial charge in [-0.2, -0.15) is 0 Å². The lowest BCUT2D eigenvalue weighted by atomic mass is 10.1. The van der Waals surface area contributed by atoms with Crippen LogP contribution in [0.4, 0.5) is 0 Å². The van der Waals surface area contributed by atoms with Crippen molar-refractivity contribution in [3.8, 4) is 0 Å². The fourth-order valence-corrected chi connectivity index (χ4v) is 3.59. The summed E-state index contributed by atoms with van der Waals surface area (Å²) in [7, 11) is 0. The number of carbonyl (C=O) groups is 1. The molecule has 0 heterocycles. The van der Waals surface area contributed by atoms with E-state index in [-0.39, 0.29) is 22.1 Å². The zero-order valence-electron chi connectivity index (χ0n) is 7.60. The first-order valence-electron chi connectivity index (χ1n) is 4.03. The van der Waals surface area contributed by atoms with Gasteiger partial charge in [0.05, 0.1) is 10.7 Å². The molecule has 0 aromatic heterocycles. The second-order valence-electron chi connectivity index (χ2n) is 4.11. The molecule has 1 fully saturated rings. The van der Waals surface area contributed by atoms with Gasteiger partial charge in [0.1, 0.15) is 0 Å². The zero-order valence-corrected chi connectivity index (χ0v) is 13.1. The van der Waals surface area contributed by atoms with Gasteiger partial charge in [0.2, 0.25) is 0 Å². The molecule has 6 heteroatoms. The number of alkyl halides is 4. The molecule has 1 rings (SSSR count). The Bertz CT molecular complexity index is 262. The van der Waals surface area contributed by atoms with Gasteiger partial charge in [-0.15, -0.1) is 0 Å². The minimum atomic E-state index is -0.786. The molecule has 0 aliphatic heterocycles. The molecule has 2 nitrogen and oxygen atoms in total. The van der Waals surface area contributed by atoms with E-state index < -0.39 is 8.66 Å². The highest BCUT2D eigenvalue weighted by molar-refractivity contribution is 9.27. The van der Waals surface area contributed by atoms with Crippen molar-refractivity contribution in [2.24, 2.45) is 17.3 Å². The summed E-state index contributed by atoms with van der Waals surface area (Å²) >= 11 is 15.9. The highest BCUT2D eigenvalue weighted by Gasteiger charge is 2.67. The van der Waals surface area contributed by atoms with Crippen molar-refractivity contribution in [1.82, 2.24) is 0 Å². The second kappa shape index (κ2) is 3.90. The number of rotatable bonds is 3. The van der Waals surface area contributed by atoms with Crippen LogP contribution in [0.1, 0.15) is 13.8 Å². The molecule has 3 unspecified atom stereocenters. The van der Waals surface area contributed by atoms with Crippen LogP contribution in [0, 0.1) is 17.3 Å². The van der Waals surface area contributed by atoms with Crippen LogP contribution in [-0.2, 0) is 4.79 Å². The first-order chi connectivity index (χ1) is 6.10. The second-order valence-corrected chi connectivity index (χ2v) is 10.2. The van der Waals surface area contributed by atoms with Crippen molar-refractivity contribution in [3.05, 3.63) is 0 Å². The Morgan fingerprint density at radius 3 is 2.21 bits per heavy atom. The molecular formula is C8H10Br3ClO2. The highest BCUT2D eigenvalue weighted by Crippen LogP contribution is 2.65. The quantitative estimate of drug-likeness (QED) is 0.715. The van der Waals surface area contributed by atoms with E-state index in [0.29, 0.717) is 0 Å². The first kappa shape index (κ1) is 13.3. The van der Waals surface area contributed by atoms with E-state index in [1.807, 2.05) is 13.8 Å². The van der Waals surface area contributed by atoms with Crippen molar-refractivity contribution in [1.29, 1.82) is 0 Å². The summed E-state index contributed by atoms with van der Waals surface area (Å²) in [5, 5.41) is 8.98. The van der Waals surface area contributed by atoms with E-state index in [0.717, 1.165) is 0 Å². The Labute approximate surface area is 113 Å². The molecule has 1 aliphatic rings. The van der Waals surface area contributed by atoms with Crippen LogP contribution >= 0.6 is 59.4 Å². The summed E-state index contributed by atoms with van der Waals surface area (Å²) in [5.74, 6) is -1.07. The third kappa shape index (κ3) is 2.30. The smallest absolute Gasteiger partial charge is 0.307 e. The van der Waals surface area contributed by atoms with E-state index in [4.69, 9.17) is 16.7 Å². The van der Waals surface area contributed by atoms with Crippen molar-refractivity contribution >= 4 is 65.4 Å². The first-order valence-corrected chi connectivity index (χ1v) is 6.91.